The van der Waals surface area contributed by atoms with E-state index < -0.39 is 0 Å². The van der Waals surface area contributed by atoms with E-state index in [9.17, 15) is 9.59 Å². The molecule has 2 N–H and O–H groups in total. The first-order valence-corrected chi connectivity index (χ1v) is 9.82. The van der Waals surface area contributed by atoms with Crippen molar-refractivity contribution in [3.8, 4) is 0 Å². The van der Waals surface area contributed by atoms with Crippen molar-refractivity contribution in [2.45, 2.75) is 12.3 Å². The molecule has 4 aromatic rings. The van der Waals surface area contributed by atoms with Crippen LogP contribution in [-0.4, -0.2) is 21.6 Å². The maximum Gasteiger partial charge on any atom is 0.257 e. The first kappa shape index (κ1) is 18.1. The van der Waals surface area contributed by atoms with Crippen LogP contribution in [0.3, 0.4) is 0 Å². The van der Waals surface area contributed by atoms with Gasteiger partial charge in [-0.2, -0.15) is 5.10 Å². The summed E-state index contributed by atoms with van der Waals surface area (Å²) in [6, 6.07) is 23.3. The van der Waals surface area contributed by atoms with Crippen LogP contribution >= 0.6 is 0 Å². The first-order valence-electron chi connectivity index (χ1n) is 9.82. The molecule has 6 heteroatoms. The number of aryl methyl sites for hydroxylation is 1. The van der Waals surface area contributed by atoms with Crippen molar-refractivity contribution in [3.63, 3.8) is 0 Å². The molecule has 0 spiro atoms. The maximum absolute atomic E-state index is 13.2. The average molecular weight is 396 g/mol. The molecule has 0 saturated carbocycles. The standard InChI is InChI=1S/C24H20N4O2/c1-28-23-21(19(14-20(29)25-23)16-8-3-2-4-9-16)22(27-28)26-24(30)18-13-7-11-15-10-5-6-12-17(15)18/h2-13,19H,14H2,1H3,(H,25,29)(H,26,27,30)/t19-/m0/s1. The van der Waals surface area contributed by atoms with Gasteiger partial charge in [-0.15, -0.1) is 0 Å². The fraction of sp³-hybridized carbons (Fsp3) is 0.125. The van der Waals surface area contributed by atoms with Gasteiger partial charge in [-0.05, 0) is 22.4 Å². The lowest BCUT2D eigenvalue weighted by atomic mass is 9.86. The number of nitrogens with zero attached hydrogens (tertiary/aromatic N) is 2. The first-order chi connectivity index (χ1) is 14.6. The Morgan fingerprint density at radius 1 is 1.03 bits per heavy atom. The van der Waals surface area contributed by atoms with Crippen LogP contribution < -0.4 is 10.6 Å². The van der Waals surface area contributed by atoms with Crippen molar-refractivity contribution in [2.24, 2.45) is 7.05 Å². The summed E-state index contributed by atoms with van der Waals surface area (Å²) in [5.41, 5.74) is 2.43. The van der Waals surface area contributed by atoms with E-state index in [1.54, 1.807) is 11.7 Å². The van der Waals surface area contributed by atoms with E-state index >= 15 is 0 Å². The Morgan fingerprint density at radius 3 is 2.60 bits per heavy atom. The van der Waals surface area contributed by atoms with Crippen molar-refractivity contribution in [1.82, 2.24) is 9.78 Å². The van der Waals surface area contributed by atoms with E-state index in [1.165, 1.54) is 0 Å². The lowest BCUT2D eigenvalue weighted by Crippen LogP contribution is -2.25. The van der Waals surface area contributed by atoms with Crippen molar-refractivity contribution in [2.75, 3.05) is 10.6 Å². The van der Waals surface area contributed by atoms with E-state index in [1.807, 2.05) is 72.8 Å². The van der Waals surface area contributed by atoms with Gasteiger partial charge in [0.2, 0.25) is 5.91 Å². The number of carbonyl (C=O) groups excluding carboxylic acids is 2. The summed E-state index contributed by atoms with van der Waals surface area (Å²) in [7, 11) is 1.76. The monoisotopic (exact) mass is 396 g/mol. The van der Waals surface area contributed by atoms with Crippen LogP contribution in [0.5, 0.6) is 0 Å². The van der Waals surface area contributed by atoms with Crippen LogP contribution in [0.15, 0.2) is 72.8 Å². The number of nitrogens with one attached hydrogen (secondary N) is 2. The smallest absolute Gasteiger partial charge is 0.257 e. The molecule has 1 aromatic heterocycles. The molecule has 1 atom stereocenters. The minimum absolute atomic E-state index is 0.0636. The molecule has 0 unspecified atom stereocenters. The van der Waals surface area contributed by atoms with Crippen LogP contribution in [-0.2, 0) is 11.8 Å². The number of fused-ring (bicyclic) bond motifs is 2. The van der Waals surface area contributed by atoms with Crippen LogP contribution in [0.1, 0.15) is 33.8 Å². The molecule has 0 bridgehead atoms. The molecular weight excluding hydrogens is 376 g/mol. The van der Waals surface area contributed by atoms with E-state index in [4.69, 9.17) is 0 Å². The maximum atomic E-state index is 13.2. The number of rotatable bonds is 3. The highest BCUT2D eigenvalue weighted by molar-refractivity contribution is 6.13. The molecule has 0 fully saturated rings. The van der Waals surface area contributed by atoms with Crippen LogP contribution in [0, 0.1) is 0 Å². The fourth-order valence-electron chi connectivity index (χ4n) is 4.15. The zero-order chi connectivity index (χ0) is 20.7. The molecule has 2 amide bonds. The number of benzene rings is 3. The van der Waals surface area contributed by atoms with Gasteiger partial charge in [0.25, 0.3) is 5.91 Å². The third kappa shape index (κ3) is 3.03. The van der Waals surface area contributed by atoms with Crippen LogP contribution in [0.25, 0.3) is 10.8 Å². The number of hydrogen-bond acceptors (Lipinski definition) is 3. The summed E-state index contributed by atoms with van der Waals surface area (Å²) in [6.07, 6.45) is 0.305. The highest BCUT2D eigenvalue weighted by Gasteiger charge is 2.33. The molecule has 1 aliphatic rings. The van der Waals surface area contributed by atoms with Gasteiger partial charge >= 0.3 is 0 Å². The SMILES string of the molecule is Cn1nc(NC(=O)c2cccc3ccccc23)c2c1NC(=O)C[C@H]2c1ccccc1. The third-order valence-electron chi connectivity index (χ3n) is 5.55. The second-order valence-electron chi connectivity index (χ2n) is 7.43. The Morgan fingerprint density at radius 2 is 1.77 bits per heavy atom. The van der Waals surface area contributed by atoms with Crippen molar-refractivity contribution in [1.29, 1.82) is 0 Å². The average Bonchev–Trinajstić information content (AvgIpc) is 3.08. The number of hydrogen-bond donors (Lipinski definition) is 2. The van der Waals surface area contributed by atoms with Crippen LogP contribution in [0.4, 0.5) is 11.6 Å². The minimum atomic E-state index is -0.226. The fourth-order valence-corrected chi connectivity index (χ4v) is 4.15. The van der Waals surface area contributed by atoms with Gasteiger partial charge in [0.05, 0.1) is 0 Å². The summed E-state index contributed by atoms with van der Waals surface area (Å²) >= 11 is 0. The summed E-state index contributed by atoms with van der Waals surface area (Å²) in [5, 5.41) is 12.3. The molecule has 3 aromatic carbocycles. The van der Waals surface area contributed by atoms with Gasteiger partial charge in [-0.1, -0.05) is 66.7 Å². The second-order valence-corrected chi connectivity index (χ2v) is 7.43. The predicted octanol–water partition coefficient (Wildman–Crippen LogP) is 4.30. The van der Waals surface area contributed by atoms with E-state index in [2.05, 4.69) is 15.7 Å². The molecular formula is C24H20N4O2. The summed E-state index contributed by atoms with van der Waals surface area (Å²) in [6.45, 7) is 0. The predicted molar refractivity (Wildman–Crippen MR) is 117 cm³/mol. The highest BCUT2D eigenvalue weighted by atomic mass is 16.2. The van der Waals surface area contributed by atoms with Crippen molar-refractivity contribution in [3.05, 3.63) is 89.5 Å². The van der Waals surface area contributed by atoms with E-state index in [-0.39, 0.29) is 17.7 Å². The van der Waals surface area contributed by atoms with Gasteiger partial charge in [0.15, 0.2) is 5.82 Å². The van der Waals surface area contributed by atoms with Crippen molar-refractivity contribution < 1.29 is 9.59 Å². The van der Waals surface area contributed by atoms with Crippen LogP contribution in [0.2, 0.25) is 0 Å². The normalized spacial score (nSPS) is 15.5. The van der Waals surface area contributed by atoms with Crippen molar-refractivity contribution >= 4 is 34.2 Å². The summed E-state index contributed by atoms with van der Waals surface area (Å²) in [4.78, 5) is 25.5. The zero-order valence-electron chi connectivity index (χ0n) is 16.4. The minimum Gasteiger partial charge on any atom is -0.311 e. The molecule has 6 nitrogen and oxygen atoms in total. The van der Waals surface area contributed by atoms with E-state index in [0.717, 1.165) is 21.9 Å². The highest BCUT2D eigenvalue weighted by Crippen LogP contribution is 2.41. The van der Waals surface area contributed by atoms with E-state index in [0.29, 0.717) is 23.6 Å². The van der Waals surface area contributed by atoms with Gasteiger partial charge < -0.3 is 10.6 Å². The number of amides is 2. The third-order valence-corrected chi connectivity index (χ3v) is 5.55. The van der Waals surface area contributed by atoms with Gasteiger partial charge in [-0.25, -0.2) is 0 Å². The molecule has 2 heterocycles. The van der Waals surface area contributed by atoms with Gasteiger partial charge in [0.1, 0.15) is 5.82 Å². The lowest BCUT2D eigenvalue weighted by molar-refractivity contribution is -0.116. The lowest BCUT2D eigenvalue weighted by Gasteiger charge is -2.24. The second kappa shape index (κ2) is 7.15. The molecule has 148 valence electrons. The van der Waals surface area contributed by atoms with Gasteiger partial charge in [0, 0.05) is 30.5 Å². The Balaban J connectivity index is 1.57. The molecule has 1 aliphatic heterocycles. The number of aromatic nitrogens is 2. The molecule has 30 heavy (non-hydrogen) atoms. The quantitative estimate of drug-likeness (QED) is 0.542. The zero-order valence-corrected chi connectivity index (χ0v) is 16.4. The summed E-state index contributed by atoms with van der Waals surface area (Å²) < 4.78 is 1.61. The topological polar surface area (TPSA) is 76.0 Å². The molecule has 5 rings (SSSR count). The molecule has 0 saturated heterocycles. The number of carbonyl (C=O) groups is 2. The number of anilines is 2. The van der Waals surface area contributed by atoms with Gasteiger partial charge in [-0.3, -0.25) is 14.3 Å². The summed E-state index contributed by atoms with van der Waals surface area (Å²) in [5.74, 6) is 0.627. The molecule has 0 aliphatic carbocycles. The Bertz CT molecular complexity index is 1270. The Labute approximate surface area is 173 Å². The Hall–Kier alpha value is -3.93. The molecule has 0 radical (unpaired) electrons. The Kier molecular flexibility index (Phi) is 4.32. The largest absolute Gasteiger partial charge is 0.311 e.